The van der Waals surface area contributed by atoms with Crippen molar-refractivity contribution in [1.82, 2.24) is 0 Å². The van der Waals surface area contributed by atoms with Crippen LogP contribution in [0.1, 0.15) is 11.1 Å². The van der Waals surface area contributed by atoms with Gasteiger partial charge in [-0.3, -0.25) is 0 Å². The van der Waals surface area contributed by atoms with E-state index < -0.39 is 0 Å². The average Bonchev–Trinajstić information content (AvgIpc) is 2.53. The Hall–Kier alpha value is -2.60. The van der Waals surface area contributed by atoms with Gasteiger partial charge in [0.2, 0.25) is 0 Å². The minimum atomic E-state index is 1.12. The van der Waals surface area contributed by atoms with E-state index in [2.05, 4.69) is 43.0 Å². The molecule has 20 heavy (non-hydrogen) atoms. The van der Waals surface area contributed by atoms with Gasteiger partial charge in [0.25, 0.3) is 0 Å². The summed E-state index contributed by atoms with van der Waals surface area (Å²) in [6.07, 6.45) is 12.1. The van der Waals surface area contributed by atoms with Gasteiger partial charge in [-0.15, -0.1) is 0 Å². The molecule has 0 nitrogen and oxygen atoms in total. The molecule has 0 aromatic heterocycles. The zero-order chi connectivity index (χ0) is 14.0. The van der Waals surface area contributed by atoms with Crippen LogP contribution in [0.2, 0.25) is 0 Å². The maximum absolute atomic E-state index is 3.86. The molecule has 98 valence electrons. The number of rotatable bonds is 5. The Morgan fingerprint density at radius 3 is 2.05 bits per heavy atom. The molecule has 0 aliphatic rings. The minimum Gasteiger partial charge on any atom is -0.0984 e. The van der Waals surface area contributed by atoms with Gasteiger partial charge in [0.15, 0.2) is 0 Å². The first kappa shape index (κ1) is 13.8. The molecule has 0 heteroatoms. The predicted molar refractivity (Wildman–Crippen MR) is 89.2 cm³/mol. The molecule has 2 aromatic rings. The van der Waals surface area contributed by atoms with Crippen LogP contribution in [0.15, 0.2) is 97.6 Å². The molecule has 0 bridgehead atoms. The molecule has 0 atom stereocenters. The molecule has 0 fully saturated rings. The van der Waals surface area contributed by atoms with E-state index in [1.807, 2.05) is 60.7 Å². The molecule has 2 rings (SSSR count). The Morgan fingerprint density at radius 1 is 0.750 bits per heavy atom. The van der Waals surface area contributed by atoms with Gasteiger partial charge in [0.1, 0.15) is 0 Å². The molecule has 0 heterocycles. The van der Waals surface area contributed by atoms with E-state index in [0.29, 0.717) is 0 Å². The van der Waals surface area contributed by atoms with Crippen LogP contribution >= 0.6 is 0 Å². The van der Waals surface area contributed by atoms with E-state index in [4.69, 9.17) is 0 Å². The van der Waals surface area contributed by atoms with Crippen molar-refractivity contribution in [1.29, 1.82) is 0 Å². The monoisotopic (exact) mass is 258 g/mol. The third-order valence-electron chi connectivity index (χ3n) is 2.91. The van der Waals surface area contributed by atoms with Crippen molar-refractivity contribution in [2.45, 2.75) is 0 Å². The lowest BCUT2D eigenvalue weighted by Crippen LogP contribution is -1.77. The topological polar surface area (TPSA) is 0 Å². The van der Waals surface area contributed by atoms with E-state index >= 15 is 0 Å². The quantitative estimate of drug-likeness (QED) is 0.619. The SMILES string of the molecule is C=CC(=CC=CC=Cc1ccccc1)c1ccccc1. The molecule has 0 saturated heterocycles. The maximum Gasteiger partial charge on any atom is -0.0184 e. The average molecular weight is 258 g/mol. The fourth-order valence-electron chi connectivity index (χ4n) is 1.87. The summed E-state index contributed by atoms with van der Waals surface area (Å²) in [6, 6.07) is 20.5. The third kappa shape index (κ3) is 4.25. The zero-order valence-electron chi connectivity index (χ0n) is 11.4. The number of hydrogen-bond donors (Lipinski definition) is 0. The summed E-state index contributed by atoms with van der Waals surface area (Å²) in [5.74, 6) is 0. The van der Waals surface area contributed by atoms with Crippen molar-refractivity contribution >= 4 is 11.6 Å². The summed E-state index contributed by atoms with van der Waals surface area (Å²) in [4.78, 5) is 0. The molecular formula is C20H18. The van der Waals surface area contributed by atoms with E-state index in [0.717, 1.165) is 5.57 Å². The van der Waals surface area contributed by atoms with Crippen LogP contribution in [0, 0.1) is 0 Å². The van der Waals surface area contributed by atoms with E-state index in [1.54, 1.807) is 0 Å². The molecular weight excluding hydrogens is 240 g/mol. The van der Waals surface area contributed by atoms with Crippen LogP contribution in [0.5, 0.6) is 0 Å². The van der Waals surface area contributed by atoms with Gasteiger partial charge in [-0.05, 0) is 16.7 Å². The van der Waals surface area contributed by atoms with E-state index in [1.165, 1.54) is 11.1 Å². The number of allylic oxidation sites excluding steroid dienone is 6. The molecule has 0 aliphatic carbocycles. The summed E-state index contributed by atoms with van der Waals surface area (Å²) < 4.78 is 0. The van der Waals surface area contributed by atoms with Gasteiger partial charge in [-0.25, -0.2) is 0 Å². The van der Waals surface area contributed by atoms with E-state index in [9.17, 15) is 0 Å². The van der Waals surface area contributed by atoms with Crippen molar-refractivity contribution in [2.75, 3.05) is 0 Å². The molecule has 2 aromatic carbocycles. The Morgan fingerprint density at radius 2 is 1.40 bits per heavy atom. The minimum absolute atomic E-state index is 1.12. The number of hydrogen-bond acceptors (Lipinski definition) is 0. The Labute approximate surface area is 121 Å². The third-order valence-corrected chi connectivity index (χ3v) is 2.91. The molecule has 0 N–H and O–H groups in total. The Balaban J connectivity index is 2.02. The van der Waals surface area contributed by atoms with Crippen molar-refractivity contribution in [3.05, 3.63) is 109 Å². The highest BCUT2D eigenvalue weighted by molar-refractivity contribution is 5.74. The first-order valence-electron chi connectivity index (χ1n) is 6.68. The van der Waals surface area contributed by atoms with Crippen LogP contribution in [0.4, 0.5) is 0 Å². The fraction of sp³-hybridized carbons (Fsp3) is 0. The van der Waals surface area contributed by atoms with Crippen molar-refractivity contribution in [2.24, 2.45) is 0 Å². The molecule has 0 saturated carbocycles. The molecule has 0 spiro atoms. The Kier molecular flexibility index (Phi) is 5.36. The first-order valence-corrected chi connectivity index (χ1v) is 6.68. The first-order chi connectivity index (χ1) is 9.90. The van der Waals surface area contributed by atoms with Crippen molar-refractivity contribution in [3.8, 4) is 0 Å². The second-order valence-corrected chi connectivity index (χ2v) is 4.35. The van der Waals surface area contributed by atoms with Gasteiger partial charge < -0.3 is 0 Å². The summed E-state index contributed by atoms with van der Waals surface area (Å²) in [7, 11) is 0. The molecule has 0 aliphatic heterocycles. The summed E-state index contributed by atoms with van der Waals surface area (Å²) in [5.41, 5.74) is 3.50. The Bertz CT molecular complexity index is 614. The second kappa shape index (κ2) is 7.75. The number of benzene rings is 2. The lowest BCUT2D eigenvalue weighted by atomic mass is 10.1. The highest BCUT2D eigenvalue weighted by atomic mass is 14.0. The van der Waals surface area contributed by atoms with Gasteiger partial charge in [0, 0.05) is 0 Å². The second-order valence-electron chi connectivity index (χ2n) is 4.35. The zero-order valence-corrected chi connectivity index (χ0v) is 11.4. The van der Waals surface area contributed by atoms with Gasteiger partial charge in [0.05, 0.1) is 0 Å². The van der Waals surface area contributed by atoms with Crippen LogP contribution < -0.4 is 0 Å². The van der Waals surface area contributed by atoms with Crippen LogP contribution in [-0.4, -0.2) is 0 Å². The van der Waals surface area contributed by atoms with Crippen LogP contribution in [0.25, 0.3) is 11.6 Å². The van der Waals surface area contributed by atoms with Gasteiger partial charge in [-0.1, -0.05) is 104 Å². The van der Waals surface area contributed by atoms with Gasteiger partial charge >= 0.3 is 0 Å². The van der Waals surface area contributed by atoms with Crippen LogP contribution in [-0.2, 0) is 0 Å². The fourth-order valence-corrected chi connectivity index (χ4v) is 1.87. The summed E-state index contributed by atoms with van der Waals surface area (Å²) in [5, 5.41) is 0. The van der Waals surface area contributed by atoms with Crippen molar-refractivity contribution < 1.29 is 0 Å². The maximum atomic E-state index is 3.86. The van der Waals surface area contributed by atoms with Crippen molar-refractivity contribution in [3.63, 3.8) is 0 Å². The molecule has 0 unspecified atom stereocenters. The molecule has 0 radical (unpaired) electrons. The largest absolute Gasteiger partial charge is 0.0984 e. The van der Waals surface area contributed by atoms with Crippen LogP contribution in [0.3, 0.4) is 0 Å². The smallest absolute Gasteiger partial charge is 0.0184 e. The molecule has 0 amide bonds. The summed E-state index contributed by atoms with van der Waals surface area (Å²) >= 11 is 0. The highest BCUT2D eigenvalue weighted by Gasteiger charge is 1.92. The summed E-state index contributed by atoms with van der Waals surface area (Å²) in [6.45, 7) is 3.86. The lowest BCUT2D eigenvalue weighted by Gasteiger charge is -1.99. The van der Waals surface area contributed by atoms with Gasteiger partial charge in [-0.2, -0.15) is 0 Å². The predicted octanol–water partition coefficient (Wildman–Crippen LogP) is 5.53. The standard InChI is InChI=1S/C20H18/c1-2-19(20-16-10-5-11-17-20)15-9-4-8-14-18-12-6-3-7-13-18/h2-17H,1H2. The highest BCUT2D eigenvalue weighted by Crippen LogP contribution is 2.14. The normalized spacial score (nSPS) is 12.1. The van der Waals surface area contributed by atoms with E-state index in [-0.39, 0.29) is 0 Å². The lowest BCUT2D eigenvalue weighted by molar-refractivity contribution is 1.62.